The van der Waals surface area contributed by atoms with Crippen LogP contribution in [0.4, 0.5) is 14.5 Å². The maximum atomic E-state index is 14.6. The Morgan fingerprint density at radius 2 is 1.89 bits per heavy atom. The Kier molecular flexibility index (Phi) is 6.98. The van der Waals surface area contributed by atoms with E-state index >= 15 is 0 Å². The summed E-state index contributed by atoms with van der Waals surface area (Å²) >= 11 is 1.12. The van der Waals surface area contributed by atoms with Crippen LogP contribution in [-0.2, 0) is 11.3 Å². The second-order valence-electron chi connectivity index (χ2n) is 7.71. The Morgan fingerprint density at radius 1 is 1.23 bits per heavy atom. The van der Waals surface area contributed by atoms with Crippen molar-refractivity contribution < 1.29 is 27.8 Å². The molecule has 0 saturated carbocycles. The number of benzene rings is 2. The zero-order valence-corrected chi connectivity index (χ0v) is 19.8. The molecule has 1 aliphatic rings. The molecule has 4 rings (SSSR count). The highest BCUT2D eigenvalue weighted by Crippen LogP contribution is 2.36. The number of nitrogens with zero attached hydrogens (tertiary/aromatic N) is 3. The number of anilines is 1. The fourth-order valence-electron chi connectivity index (χ4n) is 3.92. The van der Waals surface area contributed by atoms with E-state index in [0.717, 1.165) is 16.9 Å². The second-order valence-corrected chi connectivity index (χ2v) is 8.57. The van der Waals surface area contributed by atoms with E-state index in [0.29, 0.717) is 18.0 Å². The summed E-state index contributed by atoms with van der Waals surface area (Å²) in [6.45, 7) is 0.623. The third-order valence-corrected chi connectivity index (χ3v) is 6.42. The van der Waals surface area contributed by atoms with Gasteiger partial charge in [-0.1, -0.05) is 12.1 Å². The lowest BCUT2D eigenvalue weighted by atomic mass is 10.1. The third kappa shape index (κ3) is 4.81. The highest BCUT2D eigenvalue weighted by Gasteiger charge is 2.40. The molecule has 0 radical (unpaired) electrons. The van der Waals surface area contributed by atoms with Crippen LogP contribution in [0.1, 0.15) is 27.5 Å². The first kappa shape index (κ1) is 24.2. The van der Waals surface area contributed by atoms with Gasteiger partial charge >= 0.3 is 0 Å². The Bertz CT molecular complexity index is 1280. The van der Waals surface area contributed by atoms with Crippen molar-refractivity contribution in [1.29, 1.82) is 0 Å². The Morgan fingerprint density at radius 3 is 2.46 bits per heavy atom. The molecule has 35 heavy (non-hydrogen) atoms. The SMILES string of the molecule is C#Cc1nc(C(=O)N(c2cc(OC)c(F)c(OC)c2)C2CCN(Cc3ccc(F)cc3)C2=O)cs1. The molecule has 0 bridgehead atoms. The number of aromatic nitrogens is 1. The maximum Gasteiger partial charge on any atom is 0.278 e. The van der Waals surface area contributed by atoms with E-state index < -0.39 is 17.8 Å². The minimum absolute atomic E-state index is 0.0648. The first-order chi connectivity index (χ1) is 16.9. The minimum Gasteiger partial charge on any atom is -0.493 e. The Balaban J connectivity index is 1.72. The third-order valence-electron chi connectivity index (χ3n) is 5.64. The molecule has 0 aliphatic carbocycles. The number of hydrogen-bond donors (Lipinski definition) is 0. The largest absolute Gasteiger partial charge is 0.493 e. The van der Waals surface area contributed by atoms with Crippen LogP contribution in [0.15, 0.2) is 41.8 Å². The van der Waals surface area contributed by atoms with Gasteiger partial charge in [0.25, 0.3) is 5.91 Å². The van der Waals surface area contributed by atoms with Crippen molar-refractivity contribution in [1.82, 2.24) is 9.88 Å². The van der Waals surface area contributed by atoms with Crippen LogP contribution in [0.3, 0.4) is 0 Å². The van der Waals surface area contributed by atoms with Crippen LogP contribution in [0.25, 0.3) is 0 Å². The predicted molar refractivity (Wildman–Crippen MR) is 127 cm³/mol. The zero-order valence-electron chi connectivity index (χ0n) is 19.0. The molecular weight excluding hydrogens is 476 g/mol. The van der Waals surface area contributed by atoms with E-state index in [-0.39, 0.29) is 41.1 Å². The van der Waals surface area contributed by atoms with Gasteiger partial charge < -0.3 is 14.4 Å². The van der Waals surface area contributed by atoms with E-state index in [1.54, 1.807) is 17.0 Å². The van der Waals surface area contributed by atoms with Crippen molar-refractivity contribution in [3.05, 3.63) is 69.7 Å². The van der Waals surface area contributed by atoms with Crippen molar-refractivity contribution in [2.75, 3.05) is 25.7 Å². The molecule has 2 amide bonds. The average Bonchev–Trinajstić information content (AvgIpc) is 3.49. The summed E-state index contributed by atoms with van der Waals surface area (Å²) in [7, 11) is 2.58. The number of amides is 2. The van der Waals surface area contributed by atoms with Crippen molar-refractivity contribution in [2.24, 2.45) is 0 Å². The van der Waals surface area contributed by atoms with Gasteiger partial charge in [-0.3, -0.25) is 14.5 Å². The molecular formula is C25H21F2N3O4S. The lowest BCUT2D eigenvalue weighted by Crippen LogP contribution is -2.45. The topological polar surface area (TPSA) is 72.0 Å². The van der Waals surface area contributed by atoms with Crippen molar-refractivity contribution in [2.45, 2.75) is 19.0 Å². The molecule has 1 unspecified atom stereocenters. The van der Waals surface area contributed by atoms with Crippen LogP contribution in [0.2, 0.25) is 0 Å². The standard InChI is InChI=1S/C25H21F2N3O4S/c1-4-22-28-18(14-35-22)24(31)30(17-11-20(33-2)23(27)21(12-17)34-3)19-9-10-29(25(19)32)13-15-5-7-16(26)8-6-15/h1,5-8,11-12,14,19H,9-10,13H2,2-3H3. The smallest absolute Gasteiger partial charge is 0.278 e. The van der Waals surface area contributed by atoms with E-state index in [1.165, 1.54) is 48.8 Å². The number of halogens is 2. The van der Waals surface area contributed by atoms with E-state index in [1.807, 2.05) is 0 Å². The fourth-order valence-corrected chi connectivity index (χ4v) is 4.52. The second kappa shape index (κ2) is 10.1. The monoisotopic (exact) mass is 497 g/mol. The molecule has 1 fully saturated rings. The molecule has 0 N–H and O–H groups in total. The van der Waals surface area contributed by atoms with Gasteiger partial charge in [0.1, 0.15) is 17.6 Å². The van der Waals surface area contributed by atoms with Gasteiger partial charge in [0.2, 0.25) is 11.7 Å². The molecule has 0 spiro atoms. The zero-order chi connectivity index (χ0) is 25.1. The first-order valence-corrected chi connectivity index (χ1v) is 11.4. The molecule has 180 valence electrons. The van der Waals surface area contributed by atoms with E-state index in [4.69, 9.17) is 15.9 Å². The number of carbonyl (C=O) groups excluding carboxylic acids is 2. The van der Waals surface area contributed by atoms with Gasteiger partial charge in [-0.25, -0.2) is 9.37 Å². The Labute approximate surface area is 204 Å². The number of ether oxygens (including phenoxy) is 2. The minimum atomic E-state index is -0.890. The molecule has 7 nitrogen and oxygen atoms in total. The van der Waals surface area contributed by atoms with Gasteiger partial charge in [-0.05, 0) is 30.0 Å². The van der Waals surface area contributed by atoms with Crippen LogP contribution in [0, 0.1) is 24.0 Å². The molecule has 10 heteroatoms. The number of methoxy groups -OCH3 is 2. The predicted octanol–water partition coefficient (Wildman–Crippen LogP) is 3.87. The molecule has 1 atom stereocenters. The quantitative estimate of drug-likeness (QED) is 0.464. The molecule has 1 aromatic heterocycles. The molecule has 1 saturated heterocycles. The van der Waals surface area contributed by atoms with Gasteiger partial charge in [-0.2, -0.15) is 4.39 Å². The average molecular weight is 498 g/mol. The number of thiazole rings is 1. The first-order valence-electron chi connectivity index (χ1n) is 10.6. The van der Waals surface area contributed by atoms with Crippen molar-refractivity contribution in [3.63, 3.8) is 0 Å². The molecule has 2 aromatic carbocycles. The summed E-state index contributed by atoms with van der Waals surface area (Å²) < 4.78 is 38.1. The number of hydrogen-bond acceptors (Lipinski definition) is 6. The van der Waals surface area contributed by atoms with Crippen LogP contribution >= 0.6 is 11.3 Å². The highest BCUT2D eigenvalue weighted by atomic mass is 32.1. The number of carbonyl (C=O) groups is 2. The van der Waals surface area contributed by atoms with Crippen LogP contribution in [0.5, 0.6) is 11.5 Å². The number of rotatable bonds is 7. The van der Waals surface area contributed by atoms with Gasteiger partial charge in [0, 0.05) is 30.6 Å². The van der Waals surface area contributed by atoms with Gasteiger partial charge in [-0.15, -0.1) is 17.8 Å². The summed E-state index contributed by atoms with van der Waals surface area (Å²) in [6.07, 6.45) is 5.72. The summed E-state index contributed by atoms with van der Waals surface area (Å²) in [5.41, 5.74) is 1.03. The highest BCUT2D eigenvalue weighted by molar-refractivity contribution is 7.10. The van der Waals surface area contributed by atoms with Gasteiger partial charge in [0.05, 0.1) is 19.9 Å². The molecule has 3 aromatic rings. The lowest BCUT2D eigenvalue weighted by Gasteiger charge is -2.28. The fraction of sp³-hybridized carbons (Fsp3) is 0.240. The summed E-state index contributed by atoms with van der Waals surface area (Å²) in [6, 6.07) is 7.63. The Hall–Kier alpha value is -3.97. The number of terminal acetylenes is 1. The number of likely N-dealkylation sites (tertiary alicyclic amines) is 1. The van der Waals surface area contributed by atoms with Crippen molar-refractivity contribution in [3.8, 4) is 23.8 Å². The lowest BCUT2D eigenvalue weighted by molar-refractivity contribution is -0.129. The van der Waals surface area contributed by atoms with Crippen molar-refractivity contribution >= 4 is 28.8 Å². The normalized spacial score (nSPS) is 15.1. The molecule has 1 aliphatic heterocycles. The van der Waals surface area contributed by atoms with E-state index in [2.05, 4.69) is 10.9 Å². The maximum absolute atomic E-state index is 14.6. The summed E-state index contributed by atoms with van der Waals surface area (Å²) in [4.78, 5) is 34.1. The summed E-state index contributed by atoms with van der Waals surface area (Å²) in [5.74, 6) is 0.118. The summed E-state index contributed by atoms with van der Waals surface area (Å²) in [5, 5.41) is 1.83. The van der Waals surface area contributed by atoms with Crippen LogP contribution in [-0.4, -0.2) is 48.5 Å². The molecule has 2 heterocycles. The van der Waals surface area contributed by atoms with Crippen LogP contribution < -0.4 is 14.4 Å². The van der Waals surface area contributed by atoms with E-state index in [9.17, 15) is 18.4 Å². The van der Waals surface area contributed by atoms with Gasteiger partial charge in [0.15, 0.2) is 16.5 Å².